The molecule has 0 saturated heterocycles. The van der Waals surface area contributed by atoms with E-state index in [0.29, 0.717) is 45.9 Å². The van der Waals surface area contributed by atoms with Crippen molar-refractivity contribution in [3.63, 3.8) is 0 Å². The maximum Gasteiger partial charge on any atom is 0.296 e. The molecule has 0 atom stereocenters. The first kappa shape index (κ1) is 35.8. The van der Waals surface area contributed by atoms with Crippen molar-refractivity contribution in [2.45, 2.75) is 21.6 Å². The van der Waals surface area contributed by atoms with E-state index in [1.165, 1.54) is 12.1 Å². The molecule has 0 aliphatic rings. The van der Waals surface area contributed by atoms with Crippen LogP contribution in [0.15, 0.2) is 103 Å². The van der Waals surface area contributed by atoms with Crippen molar-refractivity contribution < 1.29 is 53.9 Å². The summed E-state index contributed by atoms with van der Waals surface area (Å²) in [7, 11) is -4.83. The third-order valence-electron chi connectivity index (χ3n) is 7.19. The molecule has 0 aliphatic heterocycles. The Balaban J connectivity index is 1.35. The molecule has 1 heterocycles. The van der Waals surface area contributed by atoms with Crippen molar-refractivity contribution in [1.82, 2.24) is 15.0 Å². The standard InChI is InChI=1S/C30H23N9O11S3/c1-14-32-29(36-30(33-14)35-19-8-4-6-16-12-21(51-49-47-42)25(37-31)28(41)24(16)19)34-17-9-10-23(53(44,45)46)20(13-17)38-39-26-22(52-50-48-43)11-15-5-2-3-7-18(15)27(26)40/h2-13,31,40-43H,1H3,(H,44,45,46)(H2,32,33,34,35,36)/b37-31-,39-38?/i/hD. The summed E-state index contributed by atoms with van der Waals surface area (Å²) in [5, 5.41) is 66.1. The van der Waals surface area contributed by atoms with Gasteiger partial charge >= 0.3 is 0 Å². The zero-order valence-electron chi connectivity index (χ0n) is 27.5. The van der Waals surface area contributed by atoms with E-state index in [0.717, 1.165) is 6.07 Å². The summed E-state index contributed by atoms with van der Waals surface area (Å²) in [6.45, 7) is 1.58. The summed E-state index contributed by atoms with van der Waals surface area (Å²) in [4.78, 5) is 12.7. The van der Waals surface area contributed by atoms with Crippen LogP contribution in [-0.2, 0) is 28.9 Å². The van der Waals surface area contributed by atoms with Crippen molar-refractivity contribution in [3.05, 3.63) is 78.6 Å². The predicted molar refractivity (Wildman–Crippen MR) is 189 cm³/mol. The van der Waals surface area contributed by atoms with E-state index in [-0.39, 0.29) is 61.4 Å². The molecule has 0 aliphatic carbocycles. The number of anilines is 4. The lowest BCUT2D eigenvalue weighted by Crippen LogP contribution is -2.06. The Morgan fingerprint density at radius 3 is 2.21 bits per heavy atom. The Hall–Kier alpha value is -5.60. The normalized spacial score (nSPS) is 12.3. The van der Waals surface area contributed by atoms with Crippen molar-refractivity contribution in [2.24, 2.45) is 15.3 Å². The van der Waals surface area contributed by atoms with Crippen LogP contribution >= 0.6 is 24.1 Å². The summed E-state index contributed by atoms with van der Waals surface area (Å²) in [6.07, 6.45) is 0. The second-order valence-electron chi connectivity index (χ2n) is 10.5. The highest BCUT2D eigenvalue weighted by atomic mass is 32.2. The first-order chi connectivity index (χ1) is 26.0. The molecule has 23 heteroatoms. The van der Waals surface area contributed by atoms with Gasteiger partial charge < -0.3 is 20.8 Å². The van der Waals surface area contributed by atoms with Crippen LogP contribution in [0.5, 0.6) is 11.5 Å². The number of aromatic nitrogens is 3. The number of nitrogens with zero attached hydrogens (tertiary/aromatic N) is 6. The van der Waals surface area contributed by atoms with E-state index < -0.39 is 20.8 Å². The van der Waals surface area contributed by atoms with Gasteiger partial charge in [0, 0.05) is 16.5 Å². The fourth-order valence-corrected chi connectivity index (χ4v) is 6.65. The Bertz CT molecular complexity index is 2550. The number of rotatable bonds is 14. The lowest BCUT2D eigenvalue weighted by atomic mass is 10.1. The first-order valence-electron chi connectivity index (χ1n) is 14.9. The fraction of sp³-hybridized carbons (Fsp3) is 0.0333. The predicted octanol–water partition coefficient (Wildman–Crippen LogP) is 8.57. The van der Waals surface area contributed by atoms with Crippen molar-refractivity contribution in [3.8, 4) is 11.5 Å². The number of aromatic hydroxyl groups is 2. The molecule has 8 N–H and O–H groups in total. The molecule has 0 radical (unpaired) electrons. The number of nitrogens with one attached hydrogen (secondary N) is 3. The molecule has 53 heavy (non-hydrogen) atoms. The van der Waals surface area contributed by atoms with Gasteiger partial charge in [-0.25, -0.2) is 16.0 Å². The summed E-state index contributed by atoms with van der Waals surface area (Å²) in [5.74, 6) is -0.505. The first-order valence-corrected chi connectivity index (χ1v) is 17.4. The van der Waals surface area contributed by atoms with E-state index in [4.69, 9.17) is 11.9 Å². The van der Waals surface area contributed by atoms with Crippen LogP contribution < -0.4 is 10.6 Å². The molecular formula is C30H23N9O11S3. The highest BCUT2D eigenvalue weighted by molar-refractivity contribution is 7.95. The zero-order valence-corrected chi connectivity index (χ0v) is 28.9. The maximum atomic E-state index is 12.3. The van der Waals surface area contributed by atoms with Crippen molar-refractivity contribution in [2.75, 3.05) is 10.6 Å². The van der Waals surface area contributed by atoms with Crippen LogP contribution in [0.2, 0.25) is 1.41 Å². The second kappa shape index (κ2) is 16.0. The number of phenolic OH excluding ortho intramolecular Hbond substituents is 2. The Morgan fingerprint density at radius 2 is 1.49 bits per heavy atom. The SMILES string of the molecule is [2H]/N=N\c1c(SOOO)cc2cccc(Nc3nc(C)nc(Nc4ccc(S(=O)(=O)O)c(N=Nc5c(SOOO)cc6ccccc6c5O)c4)n3)c2c1O. The molecule has 5 aromatic carbocycles. The molecule has 0 saturated carbocycles. The lowest BCUT2D eigenvalue weighted by Gasteiger charge is -2.14. The van der Waals surface area contributed by atoms with Crippen LogP contribution in [0.1, 0.15) is 5.82 Å². The van der Waals surface area contributed by atoms with Gasteiger partial charge in [0.15, 0.2) is 11.5 Å². The van der Waals surface area contributed by atoms with Gasteiger partial charge in [-0.05, 0) is 54.1 Å². The third kappa shape index (κ3) is 8.23. The number of benzene rings is 5. The Kier molecular flexibility index (Phi) is 10.8. The van der Waals surface area contributed by atoms with Gasteiger partial charge in [-0.3, -0.25) is 4.55 Å². The average molecular weight is 783 g/mol. The number of azo groups is 1. The van der Waals surface area contributed by atoms with Crippen LogP contribution in [0.25, 0.3) is 21.5 Å². The topological polar surface area (TPSA) is 296 Å². The molecule has 1 aromatic heterocycles. The monoisotopic (exact) mass is 782 g/mol. The molecule has 6 rings (SSSR count). The molecule has 0 bridgehead atoms. The third-order valence-corrected chi connectivity index (χ3v) is 9.33. The largest absolute Gasteiger partial charge is 0.505 e. The van der Waals surface area contributed by atoms with E-state index in [9.17, 15) is 23.2 Å². The number of fused-ring (bicyclic) bond motifs is 2. The highest BCUT2D eigenvalue weighted by Crippen LogP contribution is 2.47. The minimum absolute atomic E-state index is 0.0105. The van der Waals surface area contributed by atoms with Gasteiger partial charge in [0.05, 0.1) is 39.6 Å². The van der Waals surface area contributed by atoms with Crippen molar-refractivity contribution in [1.29, 1.82) is 5.52 Å². The molecule has 0 unspecified atom stereocenters. The Labute approximate surface area is 307 Å². The van der Waals surface area contributed by atoms with Crippen LogP contribution in [0.3, 0.4) is 0 Å². The number of hydrogen-bond donors (Lipinski definition) is 8. The summed E-state index contributed by atoms with van der Waals surface area (Å²) >= 11 is 1.01. The smallest absolute Gasteiger partial charge is 0.296 e. The molecular weight excluding hydrogens is 759 g/mol. The molecule has 6 aromatic rings. The minimum atomic E-state index is -4.83. The summed E-state index contributed by atoms with van der Waals surface area (Å²) in [5.41, 5.74) is 2.82. The maximum absolute atomic E-state index is 12.3. The zero-order chi connectivity index (χ0) is 38.4. The highest BCUT2D eigenvalue weighted by Gasteiger charge is 2.20. The quantitative estimate of drug-likeness (QED) is 0.0169. The van der Waals surface area contributed by atoms with E-state index in [1.807, 2.05) is 0 Å². The van der Waals surface area contributed by atoms with Gasteiger partial charge in [0.2, 0.25) is 13.3 Å². The Morgan fingerprint density at radius 1 is 0.811 bits per heavy atom. The summed E-state index contributed by atoms with van der Waals surface area (Å²) < 4.78 is 50.7. The number of phenols is 2. The van der Waals surface area contributed by atoms with Gasteiger partial charge in [-0.1, -0.05) is 46.5 Å². The van der Waals surface area contributed by atoms with Crippen LogP contribution in [0, 0.1) is 12.4 Å². The van der Waals surface area contributed by atoms with Crippen LogP contribution in [0.4, 0.5) is 40.3 Å². The molecule has 272 valence electrons. The van der Waals surface area contributed by atoms with E-state index >= 15 is 0 Å². The van der Waals surface area contributed by atoms with Crippen molar-refractivity contribution >= 4 is 96.1 Å². The van der Waals surface area contributed by atoms with Gasteiger partial charge in [-0.2, -0.15) is 28.5 Å². The fourth-order valence-electron chi connectivity index (χ4n) is 5.06. The van der Waals surface area contributed by atoms with Gasteiger partial charge in [0.1, 0.15) is 27.8 Å². The number of aryl methyl sites for hydroxylation is 1. The van der Waals surface area contributed by atoms with Crippen LogP contribution in [-0.4, -0.2) is 48.7 Å². The molecule has 0 amide bonds. The van der Waals surface area contributed by atoms with Gasteiger partial charge in [-0.15, -0.1) is 18.9 Å². The summed E-state index contributed by atoms with van der Waals surface area (Å²) in [6, 6.07) is 18.4. The van der Waals surface area contributed by atoms with E-state index in [2.05, 4.69) is 65.2 Å². The second-order valence-corrected chi connectivity index (χ2v) is 13.3. The molecule has 0 fully saturated rings. The molecule has 0 spiro atoms. The minimum Gasteiger partial charge on any atom is -0.505 e. The van der Waals surface area contributed by atoms with E-state index in [1.54, 1.807) is 61.5 Å². The lowest BCUT2D eigenvalue weighted by molar-refractivity contribution is -0.432. The molecule has 20 nitrogen and oxygen atoms in total. The number of hydrogen-bond acceptors (Lipinski definition) is 21. The average Bonchev–Trinajstić information content (AvgIpc) is 3.13. The van der Waals surface area contributed by atoms with Gasteiger partial charge in [0.25, 0.3) is 10.1 Å².